The molecule has 0 bridgehead atoms. The molecule has 110 valence electrons. The molecule has 1 heterocycles. The second-order valence-corrected chi connectivity index (χ2v) is 4.98. The summed E-state index contributed by atoms with van der Waals surface area (Å²) in [5, 5.41) is 3.10. The Labute approximate surface area is 126 Å². The highest BCUT2D eigenvalue weighted by Gasteiger charge is 2.23. The number of pyridine rings is 1. The molecule has 1 aromatic carbocycles. The zero-order valence-corrected chi connectivity index (χ0v) is 12.9. The molecular formula is C18H22N2O. The zero-order valence-electron chi connectivity index (χ0n) is 12.9. The molecule has 0 aliphatic heterocycles. The molecular weight excluding hydrogens is 260 g/mol. The molecule has 1 amide bonds. The largest absolute Gasteiger partial charge is 0.349 e. The lowest BCUT2D eigenvalue weighted by Gasteiger charge is -2.12. The number of amides is 1. The fourth-order valence-electron chi connectivity index (χ4n) is 2.65. The van der Waals surface area contributed by atoms with Gasteiger partial charge in [-0.05, 0) is 43.0 Å². The number of aryl methyl sites for hydroxylation is 1. The quantitative estimate of drug-likeness (QED) is 0.918. The van der Waals surface area contributed by atoms with E-state index in [1.165, 1.54) is 11.1 Å². The molecule has 21 heavy (non-hydrogen) atoms. The molecule has 0 unspecified atom stereocenters. The Hall–Kier alpha value is -2.16. The van der Waals surface area contributed by atoms with E-state index in [9.17, 15) is 4.79 Å². The van der Waals surface area contributed by atoms with Crippen LogP contribution in [0.4, 0.5) is 0 Å². The third-order valence-electron chi connectivity index (χ3n) is 3.64. The van der Waals surface area contributed by atoms with Gasteiger partial charge in [-0.2, -0.15) is 0 Å². The van der Waals surface area contributed by atoms with Crippen molar-refractivity contribution in [2.75, 3.05) is 0 Å². The first-order valence-electron chi connectivity index (χ1n) is 7.53. The fraction of sp³-hybridized carbons (Fsp3) is 0.333. The van der Waals surface area contributed by atoms with Gasteiger partial charge in [-0.3, -0.25) is 9.78 Å². The standard InChI is InChI=1S/C16H16N2O.C2H6/c1-11-15(7-4-8-17-11)16(19)18-14-9-12-5-2-3-6-13(12)10-14;1-2/h2-8,14H,9-10H2,1H3,(H,18,19);1-2H3. The molecule has 0 saturated heterocycles. The van der Waals surface area contributed by atoms with Crippen molar-refractivity contribution in [2.45, 2.75) is 39.7 Å². The third kappa shape index (κ3) is 3.48. The highest BCUT2D eigenvalue weighted by molar-refractivity contribution is 5.95. The maximum Gasteiger partial charge on any atom is 0.253 e. The number of nitrogens with zero attached hydrogens (tertiary/aromatic N) is 1. The van der Waals surface area contributed by atoms with Gasteiger partial charge < -0.3 is 5.32 Å². The van der Waals surface area contributed by atoms with E-state index in [0.717, 1.165) is 18.5 Å². The van der Waals surface area contributed by atoms with Crippen LogP contribution < -0.4 is 5.32 Å². The van der Waals surface area contributed by atoms with E-state index in [2.05, 4.69) is 22.4 Å². The van der Waals surface area contributed by atoms with E-state index >= 15 is 0 Å². The molecule has 1 aromatic heterocycles. The number of nitrogens with one attached hydrogen (secondary N) is 1. The normalized spacial score (nSPS) is 13.1. The van der Waals surface area contributed by atoms with Crippen molar-refractivity contribution in [1.29, 1.82) is 0 Å². The average Bonchev–Trinajstić information content (AvgIpc) is 2.91. The van der Waals surface area contributed by atoms with Gasteiger partial charge in [0.15, 0.2) is 0 Å². The molecule has 0 radical (unpaired) electrons. The van der Waals surface area contributed by atoms with E-state index in [4.69, 9.17) is 0 Å². The number of benzene rings is 1. The summed E-state index contributed by atoms with van der Waals surface area (Å²) in [5.74, 6) is -0.0246. The molecule has 2 aromatic rings. The lowest BCUT2D eigenvalue weighted by atomic mass is 10.1. The van der Waals surface area contributed by atoms with Crippen LogP contribution in [0.5, 0.6) is 0 Å². The summed E-state index contributed by atoms with van der Waals surface area (Å²) in [6, 6.07) is 12.2. The van der Waals surface area contributed by atoms with Crippen LogP contribution in [0.1, 0.15) is 41.0 Å². The summed E-state index contributed by atoms with van der Waals surface area (Å²) in [6.45, 7) is 5.86. The van der Waals surface area contributed by atoms with Crippen LogP contribution in [0.2, 0.25) is 0 Å². The molecule has 0 fully saturated rings. The monoisotopic (exact) mass is 282 g/mol. The van der Waals surface area contributed by atoms with Gasteiger partial charge in [0.2, 0.25) is 0 Å². The molecule has 3 nitrogen and oxygen atoms in total. The van der Waals surface area contributed by atoms with Crippen LogP contribution in [-0.4, -0.2) is 16.9 Å². The van der Waals surface area contributed by atoms with Crippen LogP contribution in [0.3, 0.4) is 0 Å². The van der Waals surface area contributed by atoms with E-state index < -0.39 is 0 Å². The molecule has 0 spiro atoms. The summed E-state index contributed by atoms with van der Waals surface area (Å²) in [6.07, 6.45) is 3.54. The second-order valence-electron chi connectivity index (χ2n) is 4.98. The van der Waals surface area contributed by atoms with Gasteiger partial charge >= 0.3 is 0 Å². The van der Waals surface area contributed by atoms with Gasteiger partial charge in [0.1, 0.15) is 0 Å². The van der Waals surface area contributed by atoms with Crippen molar-refractivity contribution in [3.8, 4) is 0 Å². The van der Waals surface area contributed by atoms with Crippen molar-refractivity contribution in [3.05, 3.63) is 65.0 Å². The smallest absolute Gasteiger partial charge is 0.253 e. The summed E-state index contributed by atoms with van der Waals surface area (Å²) >= 11 is 0. The molecule has 0 saturated carbocycles. The first-order valence-corrected chi connectivity index (χ1v) is 7.53. The van der Waals surface area contributed by atoms with Crippen molar-refractivity contribution in [2.24, 2.45) is 0 Å². The first-order chi connectivity index (χ1) is 10.2. The number of hydrogen-bond acceptors (Lipinski definition) is 2. The summed E-state index contributed by atoms with van der Waals surface area (Å²) in [7, 11) is 0. The number of aromatic nitrogens is 1. The van der Waals surface area contributed by atoms with Crippen molar-refractivity contribution in [3.63, 3.8) is 0 Å². The summed E-state index contributed by atoms with van der Waals surface area (Å²) < 4.78 is 0. The van der Waals surface area contributed by atoms with Gasteiger partial charge in [-0.15, -0.1) is 0 Å². The Morgan fingerprint density at radius 3 is 2.29 bits per heavy atom. The minimum atomic E-state index is -0.0246. The fourth-order valence-corrected chi connectivity index (χ4v) is 2.65. The molecule has 1 N–H and O–H groups in total. The SMILES string of the molecule is CC.Cc1ncccc1C(=O)NC1Cc2ccccc2C1. The number of carbonyl (C=O) groups is 1. The van der Waals surface area contributed by atoms with E-state index in [0.29, 0.717) is 5.56 Å². The van der Waals surface area contributed by atoms with Gasteiger partial charge in [0.05, 0.1) is 5.56 Å². The highest BCUT2D eigenvalue weighted by atomic mass is 16.1. The highest BCUT2D eigenvalue weighted by Crippen LogP contribution is 2.21. The van der Waals surface area contributed by atoms with Crippen LogP contribution >= 0.6 is 0 Å². The first kappa shape index (κ1) is 15.2. The predicted octanol–water partition coefficient (Wildman–Crippen LogP) is 3.31. The predicted molar refractivity (Wildman–Crippen MR) is 85.4 cm³/mol. The maximum atomic E-state index is 12.2. The van der Waals surface area contributed by atoms with Crippen molar-refractivity contribution < 1.29 is 4.79 Å². The summed E-state index contributed by atoms with van der Waals surface area (Å²) in [4.78, 5) is 16.4. The van der Waals surface area contributed by atoms with Crippen molar-refractivity contribution >= 4 is 5.91 Å². The number of carbonyl (C=O) groups excluding carboxylic acids is 1. The van der Waals surface area contributed by atoms with Gasteiger partial charge in [-0.25, -0.2) is 0 Å². The Bertz CT molecular complexity index is 597. The Balaban J connectivity index is 0.000000774. The van der Waals surface area contributed by atoms with Crippen LogP contribution in [-0.2, 0) is 12.8 Å². The van der Waals surface area contributed by atoms with Crippen LogP contribution in [0.25, 0.3) is 0 Å². The van der Waals surface area contributed by atoms with E-state index in [1.807, 2.05) is 39.0 Å². The van der Waals surface area contributed by atoms with E-state index in [1.54, 1.807) is 12.3 Å². The van der Waals surface area contributed by atoms with Crippen molar-refractivity contribution in [1.82, 2.24) is 10.3 Å². The van der Waals surface area contributed by atoms with Gasteiger partial charge in [0.25, 0.3) is 5.91 Å². The minimum absolute atomic E-state index is 0.0246. The van der Waals surface area contributed by atoms with Gasteiger partial charge in [0, 0.05) is 17.9 Å². The van der Waals surface area contributed by atoms with Gasteiger partial charge in [-0.1, -0.05) is 38.1 Å². The Kier molecular flexibility index (Phi) is 5.09. The molecule has 0 atom stereocenters. The zero-order chi connectivity index (χ0) is 15.2. The topological polar surface area (TPSA) is 42.0 Å². The number of hydrogen-bond donors (Lipinski definition) is 1. The van der Waals surface area contributed by atoms with Crippen LogP contribution in [0, 0.1) is 6.92 Å². The number of fused-ring (bicyclic) bond motifs is 1. The third-order valence-corrected chi connectivity index (χ3v) is 3.64. The Morgan fingerprint density at radius 1 is 1.10 bits per heavy atom. The second kappa shape index (κ2) is 7.02. The average molecular weight is 282 g/mol. The number of rotatable bonds is 2. The molecule has 1 aliphatic carbocycles. The van der Waals surface area contributed by atoms with Crippen LogP contribution in [0.15, 0.2) is 42.6 Å². The lowest BCUT2D eigenvalue weighted by Crippen LogP contribution is -2.35. The Morgan fingerprint density at radius 2 is 1.71 bits per heavy atom. The van der Waals surface area contributed by atoms with E-state index in [-0.39, 0.29) is 11.9 Å². The molecule has 1 aliphatic rings. The maximum absolute atomic E-state index is 12.2. The summed E-state index contributed by atoms with van der Waals surface area (Å²) in [5.41, 5.74) is 4.13. The molecule has 3 rings (SSSR count). The minimum Gasteiger partial charge on any atom is -0.349 e. The lowest BCUT2D eigenvalue weighted by molar-refractivity contribution is 0.0937. The molecule has 3 heteroatoms.